The quantitative estimate of drug-likeness (QED) is 0.324. The van der Waals surface area contributed by atoms with Crippen molar-refractivity contribution in [1.82, 2.24) is 10.2 Å². The van der Waals surface area contributed by atoms with Crippen molar-refractivity contribution in [3.05, 3.63) is 106 Å². The minimum absolute atomic E-state index is 0.0605. The number of thioether (sulfide) groups is 1. The molecular formula is C29H33ClN2O2S. The molecule has 0 saturated carbocycles. The number of nitrogens with zero attached hydrogens (tertiary/aromatic N) is 1. The minimum Gasteiger partial charge on any atom is -0.354 e. The summed E-state index contributed by atoms with van der Waals surface area (Å²) in [5.41, 5.74) is 4.30. The molecule has 0 fully saturated rings. The average molecular weight is 509 g/mol. The largest absolute Gasteiger partial charge is 0.354 e. The summed E-state index contributed by atoms with van der Waals surface area (Å²) in [7, 11) is 0. The second-order valence-electron chi connectivity index (χ2n) is 8.63. The zero-order valence-corrected chi connectivity index (χ0v) is 21.9. The Morgan fingerprint density at radius 1 is 0.943 bits per heavy atom. The van der Waals surface area contributed by atoms with Crippen LogP contribution in [0.4, 0.5) is 0 Å². The Kier molecular flexibility index (Phi) is 10.7. The molecule has 3 aromatic rings. The molecule has 3 rings (SSSR count). The van der Waals surface area contributed by atoms with Crippen molar-refractivity contribution in [2.24, 2.45) is 0 Å². The minimum atomic E-state index is -0.615. The van der Waals surface area contributed by atoms with Gasteiger partial charge < -0.3 is 10.2 Å². The molecule has 0 heterocycles. The van der Waals surface area contributed by atoms with Gasteiger partial charge in [0.05, 0.1) is 5.75 Å². The first-order valence-electron chi connectivity index (χ1n) is 11.9. The molecule has 4 nitrogen and oxygen atoms in total. The van der Waals surface area contributed by atoms with Gasteiger partial charge in [0.15, 0.2) is 0 Å². The molecule has 0 aliphatic carbocycles. The van der Waals surface area contributed by atoms with Crippen LogP contribution in [-0.4, -0.2) is 35.1 Å². The van der Waals surface area contributed by atoms with E-state index in [2.05, 4.69) is 36.5 Å². The standard InChI is InChI=1S/C29H33ClN2O2S/c1-3-16-31-29(34)27(18-23-8-5-4-6-9-23)32(19-25-10-7-11-26(30)17-25)28(33)21-35-20-24-14-12-22(2)13-15-24/h4-15,17,27H,3,16,18-21H2,1-2H3,(H,31,34). The van der Waals surface area contributed by atoms with Gasteiger partial charge in [-0.25, -0.2) is 0 Å². The molecule has 1 unspecified atom stereocenters. The summed E-state index contributed by atoms with van der Waals surface area (Å²) >= 11 is 7.79. The lowest BCUT2D eigenvalue weighted by Crippen LogP contribution is -2.51. The van der Waals surface area contributed by atoms with Gasteiger partial charge in [-0.2, -0.15) is 0 Å². The number of hydrogen-bond donors (Lipinski definition) is 1. The summed E-state index contributed by atoms with van der Waals surface area (Å²) in [5, 5.41) is 3.62. The lowest BCUT2D eigenvalue weighted by atomic mass is 10.0. The molecule has 0 aromatic heterocycles. The van der Waals surface area contributed by atoms with E-state index in [4.69, 9.17) is 11.6 Å². The number of carbonyl (C=O) groups excluding carboxylic acids is 2. The second-order valence-corrected chi connectivity index (χ2v) is 10.0. The van der Waals surface area contributed by atoms with Gasteiger partial charge in [0.2, 0.25) is 11.8 Å². The Bertz CT molecular complexity index is 1090. The zero-order chi connectivity index (χ0) is 25.0. The van der Waals surface area contributed by atoms with Gasteiger partial charge in [-0.1, -0.05) is 90.8 Å². The maximum absolute atomic E-state index is 13.6. The van der Waals surface area contributed by atoms with Gasteiger partial charge in [-0.05, 0) is 42.2 Å². The Morgan fingerprint density at radius 2 is 1.66 bits per heavy atom. The third-order valence-corrected chi connectivity index (χ3v) is 6.90. The van der Waals surface area contributed by atoms with E-state index in [1.54, 1.807) is 16.7 Å². The van der Waals surface area contributed by atoms with Crippen LogP contribution in [0.1, 0.15) is 35.6 Å². The van der Waals surface area contributed by atoms with Crippen LogP contribution in [0, 0.1) is 6.92 Å². The monoisotopic (exact) mass is 508 g/mol. The van der Waals surface area contributed by atoms with Crippen molar-refractivity contribution >= 4 is 35.2 Å². The SMILES string of the molecule is CCCNC(=O)C(Cc1ccccc1)N(Cc1cccc(Cl)c1)C(=O)CSCc1ccc(C)cc1. The predicted molar refractivity (Wildman–Crippen MR) is 147 cm³/mol. The molecule has 35 heavy (non-hydrogen) atoms. The molecule has 0 spiro atoms. The van der Waals surface area contributed by atoms with E-state index in [9.17, 15) is 9.59 Å². The molecule has 0 aliphatic heterocycles. The van der Waals surface area contributed by atoms with E-state index in [-0.39, 0.29) is 11.8 Å². The zero-order valence-electron chi connectivity index (χ0n) is 20.4. The van der Waals surface area contributed by atoms with Crippen LogP contribution < -0.4 is 5.32 Å². The molecule has 0 aliphatic rings. The fraction of sp³-hybridized carbons (Fsp3) is 0.310. The maximum atomic E-state index is 13.6. The molecule has 3 aromatic carbocycles. The molecule has 0 saturated heterocycles. The van der Waals surface area contributed by atoms with Crippen LogP contribution in [0.25, 0.3) is 0 Å². The van der Waals surface area contributed by atoms with Gasteiger partial charge in [0, 0.05) is 30.3 Å². The van der Waals surface area contributed by atoms with Crippen molar-refractivity contribution in [2.75, 3.05) is 12.3 Å². The fourth-order valence-electron chi connectivity index (χ4n) is 3.78. The third-order valence-electron chi connectivity index (χ3n) is 5.68. The molecule has 1 atom stereocenters. The van der Waals surface area contributed by atoms with Crippen LogP contribution >= 0.6 is 23.4 Å². The van der Waals surface area contributed by atoms with E-state index in [1.807, 2.05) is 61.5 Å². The van der Waals surface area contributed by atoms with Crippen LogP contribution in [0.5, 0.6) is 0 Å². The summed E-state index contributed by atoms with van der Waals surface area (Å²) < 4.78 is 0. The lowest BCUT2D eigenvalue weighted by molar-refractivity contribution is -0.139. The fourth-order valence-corrected chi connectivity index (χ4v) is 4.86. The number of nitrogens with one attached hydrogen (secondary N) is 1. The van der Waals surface area contributed by atoms with Crippen LogP contribution in [-0.2, 0) is 28.3 Å². The van der Waals surface area contributed by atoms with Crippen LogP contribution in [0.3, 0.4) is 0 Å². The van der Waals surface area contributed by atoms with Gasteiger partial charge in [-0.3, -0.25) is 9.59 Å². The van der Waals surface area contributed by atoms with Crippen LogP contribution in [0.2, 0.25) is 5.02 Å². The number of carbonyl (C=O) groups is 2. The highest BCUT2D eigenvalue weighted by atomic mass is 35.5. The van der Waals surface area contributed by atoms with Gasteiger partial charge in [-0.15, -0.1) is 11.8 Å². The van der Waals surface area contributed by atoms with Crippen molar-refractivity contribution in [2.45, 2.75) is 45.0 Å². The highest BCUT2D eigenvalue weighted by Crippen LogP contribution is 2.20. The maximum Gasteiger partial charge on any atom is 0.243 e. The molecule has 0 radical (unpaired) electrons. The predicted octanol–water partition coefficient (Wildman–Crippen LogP) is 6.05. The summed E-state index contributed by atoms with van der Waals surface area (Å²) in [4.78, 5) is 28.6. The van der Waals surface area contributed by atoms with E-state index in [0.29, 0.717) is 30.3 Å². The van der Waals surface area contributed by atoms with E-state index < -0.39 is 6.04 Å². The van der Waals surface area contributed by atoms with Crippen molar-refractivity contribution < 1.29 is 9.59 Å². The average Bonchev–Trinajstić information content (AvgIpc) is 2.86. The topological polar surface area (TPSA) is 49.4 Å². The van der Waals surface area contributed by atoms with E-state index in [1.165, 1.54) is 11.1 Å². The molecular weight excluding hydrogens is 476 g/mol. The van der Waals surface area contributed by atoms with Crippen LogP contribution in [0.15, 0.2) is 78.9 Å². The van der Waals surface area contributed by atoms with E-state index in [0.717, 1.165) is 23.3 Å². The van der Waals surface area contributed by atoms with E-state index >= 15 is 0 Å². The number of rotatable bonds is 12. The molecule has 1 N–H and O–H groups in total. The van der Waals surface area contributed by atoms with Crippen molar-refractivity contribution in [3.8, 4) is 0 Å². The third kappa shape index (κ3) is 8.75. The smallest absolute Gasteiger partial charge is 0.243 e. The highest BCUT2D eigenvalue weighted by molar-refractivity contribution is 7.99. The summed E-state index contributed by atoms with van der Waals surface area (Å²) in [6.45, 7) is 4.97. The summed E-state index contributed by atoms with van der Waals surface area (Å²) in [6.07, 6.45) is 1.28. The van der Waals surface area contributed by atoms with Crippen molar-refractivity contribution in [3.63, 3.8) is 0 Å². The first-order chi connectivity index (χ1) is 17.0. The normalized spacial score (nSPS) is 11.6. The molecule has 184 valence electrons. The second kappa shape index (κ2) is 14.0. The number of hydrogen-bond acceptors (Lipinski definition) is 3. The number of halogens is 1. The first-order valence-corrected chi connectivity index (χ1v) is 13.5. The number of benzene rings is 3. The van der Waals surface area contributed by atoms with Crippen molar-refractivity contribution in [1.29, 1.82) is 0 Å². The first kappa shape index (κ1) is 26.8. The summed E-state index contributed by atoms with van der Waals surface area (Å²) in [6, 6.07) is 25.0. The molecule has 0 bridgehead atoms. The molecule has 2 amide bonds. The highest BCUT2D eigenvalue weighted by Gasteiger charge is 2.30. The number of amides is 2. The Balaban J connectivity index is 1.82. The van der Waals surface area contributed by atoms with Gasteiger partial charge in [0.1, 0.15) is 6.04 Å². The number of aryl methyl sites for hydroxylation is 1. The Morgan fingerprint density at radius 3 is 2.34 bits per heavy atom. The Hall–Kier alpha value is -2.76. The lowest BCUT2D eigenvalue weighted by Gasteiger charge is -2.31. The molecule has 6 heteroatoms. The Labute approximate surface area is 218 Å². The van der Waals surface area contributed by atoms with Gasteiger partial charge >= 0.3 is 0 Å². The van der Waals surface area contributed by atoms with Gasteiger partial charge in [0.25, 0.3) is 0 Å². The summed E-state index contributed by atoms with van der Waals surface area (Å²) in [5.74, 6) is 0.840.